The first-order valence-electron chi connectivity index (χ1n) is 16.9. The SMILES string of the molecule is NC(=O)C1(C(F)(F)F)CCN(CC(F)(F)F)CC1.O=C(O)CCc1cccc2c(-c3ncc(CN4CCOC(C(F)(F)F)C4)c4ccccc34)cccc12. The number of morpholine rings is 1. The van der Waals surface area contributed by atoms with Crippen molar-refractivity contribution in [2.75, 3.05) is 39.3 Å². The van der Waals surface area contributed by atoms with E-state index >= 15 is 0 Å². The molecule has 1 atom stereocenters. The van der Waals surface area contributed by atoms with E-state index in [4.69, 9.17) is 20.6 Å². The number of amides is 1. The summed E-state index contributed by atoms with van der Waals surface area (Å²) in [5, 5.41) is 12.9. The van der Waals surface area contributed by atoms with Gasteiger partial charge in [-0.2, -0.15) is 39.5 Å². The van der Waals surface area contributed by atoms with E-state index < -0.39 is 74.4 Å². The molecule has 1 unspecified atom stereocenters. The van der Waals surface area contributed by atoms with Crippen LogP contribution in [0.25, 0.3) is 32.8 Å². The maximum atomic E-state index is 13.2. The van der Waals surface area contributed by atoms with Crippen LogP contribution < -0.4 is 5.73 Å². The summed E-state index contributed by atoms with van der Waals surface area (Å²) in [6.07, 6.45) is -14.7. The molecule has 8 nitrogen and oxygen atoms in total. The fraction of sp³-hybridized carbons (Fsp3) is 0.432. The molecule has 0 bridgehead atoms. The van der Waals surface area contributed by atoms with Gasteiger partial charge in [0.25, 0.3) is 0 Å². The van der Waals surface area contributed by atoms with Crippen molar-refractivity contribution in [1.82, 2.24) is 14.8 Å². The summed E-state index contributed by atoms with van der Waals surface area (Å²) < 4.78 is 119. The molecular weight excluding hydrogens is 735 g/mol. The van der Waals surface area contributed by atoms with Crippen molar-refractivity contribution in [3.63, 3.8) is 0 Å². The van der Waals surface area contributed by atoms with Gasteiger partial charge in [0.05, 0.1) is 18.8 Å². The number of carboxylic acid groups (broad SMARTS) is 1. The second-order valence-corrected chi connectivity index (χ2v) is 13.4. The van der Waals surface area contributed by atoms with E-state index in [1.807, 2.05) is 60.7 Å². The van der Waals surface area contributed by atoms with Gasteiger partial charge in [-0.15, -0.1) is 0 Å². The molecular formula is C37H37F9N4O4. The van der Waals surface area contributed by atoms with Crippen LogP contribution in [0.4, 0.5) is 39.5 Å². The number of nitrogens with two attached hydrogens (primary N) is 1. The predicted molar refractivity (Wildman–Crippen MR) is 181 cm³/mol. The number of primary amides is 1. The summed E-state index contributed by atoms with van der Waals surface area (Å²) in [6.45, 7) is -1.59. The van der Waals surface area contributed by atoms with E-state index in [0.717, 1.165) is 48.8 Å². The van der Waals surface area contributed by atoms with Gasteiger partial charge in [0.15, 0.2) is 6.10 Å². The number of halogens is 9. The molecule has 3 aromatic carbocycles. The Labute approximate surface area is 303 Å². The Balaban J connectivity index is 0.000000263. The number of rotatable bonds is 8. The van der Waals surface area contributed by atoms with Crippen molar-refractivity contribution < 1.29 is 58.9 Å². The molecule has 0 saturated carbocycles. The molecule has 292 valence electrons. The van der Waals surface area contributed by atoms with E-state index in [2.05, 4.69) is 0 Å². The Hall–Kier alpha value is -4.48. The minimum absolute atomic E-state index is 0.0356. The lowest BCUT2D eigenvalue weighted by atomic mass is 9.77. The van der Waals surface area contributed by atoms with E-state index in [1.165, 1.54) is 0 Å². The number of carboxylic acids is 1. The van der Waals surface area contributed by atoms with Gasteiger partial charge in [0.1, 0.15) is 5.41 Å². The molecule has 2 aliphatic rings. The van der Waals surface area contributed by atoms with Gasteiger partial charge in [-0.1, -0.05) is 60.7 Å². The van der Waals surface area contributed by atoms with Crippen LogP contribution in [0.1, 0.15) is 30.4 Å². The van der Waals surface area contributed by atoms with Gasteiger partial charge in [0.2, 0.25) is 5.91 Å². The van der Waals surface area contributed by atoms with E-state index in [-0.39, 0.29) is 19.6 Å². The van der Waals surface area contributed by atoms with E-state index in [1.54, 1.807) is 11.1 Å². The summed E-state index contributed by atoms with van der Waals surface area (Å²) >= 11 is 0. The first-order valence-corrected chi connectivity index (χ1v) is 16.9. The van der Waals surface area contributed by atoms with E-state index in [9.17, 15) is 49.1 Å². The lowest BCUT2D eigenvalue weighted by Crippen LogP contribution is -2.56. The average molecular weight is 773 g/mol. The number of alkyl halides is 9. The zero-order valence-corrected chi connectivity index (χ0v) is 28.7. The first kappa shape index (κ1) is 40.7. The van der Waals surface area contributed by atoms with Gasteiger partial charge in [-0.05, 0) is 59.6 Å². The third kappa shape index (κ3) is 9.41. The molecule has 2 saturated heterocycles. The topological polar surface area (TPSA) is 109 Å². The molecule has 0 aliphatic carbocycles. The number of ether oxygens (including phenoxy) is 1. The number of hydrogen-bond donors (Lipinski definition) is 2. The fourth-order valence-corrected chi connectivity index (χ4v) is 6.93. The molecule has 0 radical (unpaired) electrons. The number of carbonyl (C=O) groups is 2. The Morgan fingerprint density at radius 3 is 2.04 bits per heavy atom. The lowest BCUT2D eigenvalue weighted by Gasteiger charge is -2.40. The van der Waals surface area contributed by atoms with Crippen LogP contribution in [0, 0.1) is 5.41 Å². The molecule has 3 N–H and O–H groups in total. The van der Waals surface area contributed by atoms with Gasteiger partial charge < -0.3 is 15.6 Å². The summed E-state index contributed by atoms with van der Waals surface area (Å²) in [5.74, 6) is -2.37. The summed E-state index contributed by atoms with van der Waals surface area (Å²) in [4.78, 5) is 29.5. The van der Waals surface area contributed by atoms with E-state index in [0.29, 0.717) is 19.5 Å². The highest BCUT2D eigenvalue weighted by Gasteiger charge is 2.60. The summed E-state index contributed by atoms with van der Waals surface area (Å²) in [5.41, 5.74) is 5.59. The molecule has 0 spiro atoms. The summed E-state index contributed by atoms with van der Waals surface area (Å²) in [6, 6.07) is 19.6. The molecule has 4 aromatic rings. The van der Waals surface area contributed by atoms with Crippen LogP contribution >= 0.6 is 0 Å². The van der Waals surface area contributed by atoms with Crippen molar-refractivity contribution in [2.45, 2.75) is 56.9 Å². The third-order valence-corrected chi connectivity index (χ3v) is 9.79. The highest BCUT2D eigenvalue weighted by atomic mass is 19.4. The van der Waals surface area contributed by atoms with Gasteiger partial charge in [0, 0.05) is 43.2 Å². The van der Waals surface area contributed by atoms with Gasteiger partial charge >= 0.3 is 24.5 Å². The summed E-state index contributed by atoms with van der Waals surface area (Å²) in [7, 11) is 0. The standard InChI is InChI=1S/C28H25F3N2O3.C9H12F6N2O/c29-28(30,31)25-17-33(13-14-36-25)16-19-15-32-27(23-7-2-1-6-21(19)23)24-10-4-8-20-18(11-12-26(34)35)5-3-9-22(20)24;10-8(11,12)5-17-3-1-7(2-4-17,6(16)18)9(13,14)15/h1-10,15,25H,11-14,16-17H2,(H,34,35);1-5H2,(H2,16,18). The van der Waals surface area contributed by atoms with Crippen molar-refractivity contribution in [3.05, 3.63) is 78.0 Å². The maximum Gasteiger partial charge on any atom is 0.415 e. The first-order chi connectivity index (χ1) is 25.3. The molecule has 2 fully saturated rings. The average Bonchev–Trinajstić information content (AvgIpc) is 3.10. The minimum Gasteiger partial charge on any atom is -0.481 e. The number of fused-ring (bicyclic) bond motifs is 2. The number of likely N-dealkylation sites (tertiary alicyclic amines) is 1. The number of benzene rings is 3. The monoisotopic (exact) mass is 772 g/mol. The quantitative estimate of drug-likeness (QED) is 0.179. The lowest BCUT2D eigenvalue weighted by molar-refractivity contribution is -0.237. The molecule has 17 heteroatoms. The molecule has 1 amide bonds. The molecule has 54 heavy (non-hydrogen) atoms. The highest BCUT2D eigenvalue weighted by Crippen LogP contribution is 2.46. The van der Waals surface area contributed by atoms with Crippen molar-refractivity contribution >= 4 is 33.4 Å². The number of hydrogen-bond acceptors (Lipinski definition) is 6. The zero-order valence-electron chi connectivity index (χ0n) is 28.7. The molecule has 3 heterocycles. The highest BCUT2D eigenvalue weighted by molar-refractivity contribution is 6.05. The smallest absolute Gasteiger partial charge is 0.415 e. The Kier molecular flexibility index (Phi) is 12.1. The van der Waals surface area contributed by atoms with Crippen molar-refractivity contribution in [1.29, 1.82) is 0 Å². The number of pyridine rings is 1. The Morgan fingerprint density at radius 2 is 1.43 bits per heavy atom. The number of carbonyl (C=O) groups excluding carboxylic acids is 1. The molecule has 6 rings (SSSR count). The second-order valence-electron chi connectivity index (χ2n) is 13.4. The van der Waals surface area contributed by atoms with Crippen LogP contribution in [0.5, 0.6) is 0 Å². The zero-order chi connectivity index (χ0) is 39.5. The molecule has 1 aromatic heterocycles. The van der Waals surface area contributed by atoms with Crippen LogP contribution in [0.3, 0.4) is 0 Å². The Morgan fingerprint density at radius 1 is 0.815 bits per heavy atom. The van der Waals surface area contributed by atoms with Crippen molar-refractivity contribution in [2.24, 2.45) is 11.1 Å². The minimum atomic E-state index is -4.83. The number of aliphatic carboxylic acids is 1. The third-order valence-electron chi connectivity index (χ3n) is 9.79. The van der Waals surface area contributed by atoms with Crippen LogP contribution in [-0.4, -0.2) is 95.7 Å². The maximum absolute atomic E-state index is 13.2. The van der Waals surface area contributed by atoms with Crippen LogP contribution in [0.15, 0.2) is 66.9 Å². The Bertz CT molecular complexity index is 1960. The number of nitrogens with zero attached hydrogens (tertiary/aromatic N) is 3. The van der Waals surface area contributed by atoms with Gasteiger partial charge in [-0.25, -0.2) is 0 Å². The fourth-order valence-electron chi connectivity index (χ4n) is 6.93. The number of piperidine rings is 1. The normalized spacial score (nSPS) is 18.6. The largest absolute Gasteiger partial charge is 0.481 e. The number of aromatic nitrogens is 1. The van der Waals surface area contributed by atoms with Gasteiger partial charge in [-0.3, -0.25) is 24.4 Å². The van der Waals surface area contributed by atoms with Crippen LogP contribution in [0.2, 0.25) is 0 Å². The van der Waals surface area contributed by atoms with Crippen molar-refractivity contribution in [3.8, 4) is 11.3 Å². The second kappa shape index (κ2) is 16.1. The van der Waals surface area contributed by atoms with Crippen LogP contribution in [-0.2, 0) is 27.3 Å². The molecule has 2 aliphatic heterocycles. The number of aryl methyl sites for hydroxylation is 1. The predicted octanol–water partition coefficient (Wildman–Crippen LogP) is 7.51.